The third kappa shape index (κ3) is 3.28. The second-order valence-corrected chi connectivity index (χ2v) is 7.61. The number of nitrogens with two attached hydrogens (primary N) is 1. The van der Waals surface area contributed by atoms with E-state index in [1.54, 1.807) is 6.07 Å². The Morgan fingerprint density at radius 3 is 2.70 bits per heavy atom. The van der Waals surface area contributed by atoms with Crippen LogP contribution in [-0.2, 0) is 10.0 Å². The highest BCUT2D eigenvalue weighted by molar-refractivity contribution is 7.89. The van der Waals surface area contributed by atoms with Crippen molar-refractivity contribution in [1.82, 2.24) is 4.31 Å². The number of halogens is 1. The first-order valence-corrected chi connectivity index (χ1v) is 8.61. The van der Waals surface area contributed by atoms with Crippen molar-refractivity contribution in [3.8, 4) is 0 Å². The normalized spacial score (nSPS) is 22.2. The van der Waals surface area contributed by atoms with E-state index in [-0.39, 0.29) is 29.3 Å². The molecule has 126 valence electrons. The third-order valence-electron chi connectivity index (χ3n) is 4.13. The van der Waals surface area contributed by atoms with Crippen LogP contribution in [0.5, 0.6) is 0 Å². The molecule has 2 unspecified atom stereocenters. The first kappa shape index (κ1) is 17.9. The predicted octanol–water partition coefficient (Wildman–Crippen LogP) is 1.57. The van der Waals surface area contributed by atoms with Crippen LogP contribution < -0.4 is 11.4 Å². The maximum absolute atomic E-state index is 12.8. The molecule has 0 saturated carbocycles. The van der Waals surface area contributed by atoms with Crippen molar-refractivity contribution in [2.75, 3.05) is 13.1 Å². The molecular weight excluding hydrogens is 340 g/mol. The van der Waals surface area contributed by atoms with Crippen LogP contribution in [0.3, 0.4) is 0 Å². The highest BCUT2D eigenvalue weighted by Gasteiger charge is 2.37. The lowest BCUT2D eigenvalue weighted by Crippen LogP contribution is -2.34. The minimum Gasteiger partial charge on any atom is -0.423 e. The molecule has 0 amide bonds. The molecule has 2 heterocycles. The molecule has 6 nitrogen and oxygen atoms in total. The van der Waals surface area contributed by atoms with E-state index >= 15 is 0 Å². The number of benzene rings is 1. The molecule has 0 spiro atoms. The van der Waals surface area contributed by atoms with Gasteiger partial charge in [0.2, 0.25) is 10.0 Å². The second kappa shape index (κ2) is 6.60. The van der Waals surface area contributed by atoms with Gasteiger partial charge in [0.1, 0.15) is 5.58 Å². The average Bonchev–Trinajstić information content (AvgIpc) is 2.88. The van der Waals surface area contributed by atoms with E-state index in [0.29, 0.717) is 24.1 Å². The Labute approximate surface area is 140 Å². The van der Waals surface area contributed by atoms with Gasteiger partial charge in [0.15, 0.2) is 0 Å². The summed E-state index contributed by atoms with van der Waals surface area (Å²) in [7, 11) is -3.57. The average molecular weight is 359 g/mol. The fraction of sp³-hybridized carbons (Fsp3) is 0.400. The number of sulfonamides is 1. The molecule has 8 heteroatoms. The Kier molecular flexibility index (Phi) is 5.15. The molecule has 1 aliphatic rings. The van der Waals surface area contributed by atoms with Crippen molar-refractivity contribution < 1.29 is 12.8 Å². The van der Waals surface area contributed by atoms with Crippen molar-refractivity contribution in [2.45, 2.75) is 24.3 Å². The van der Waals surface area contributed by atoms with Crippen LogP contribution in [0, 0.1) is 5.92 Å². The lowest BCUT2D eigenvalue weighted by molar-refractivity contribution is 0.404. The van der Waals surface area contributed by atoms with Crippen LogP contribution in [0.4, 0.5) is 0 Å². The smallest absolute Gasteiger partial charge is 0.336 e. The summed E-state index contributed by atoms with van der Waals surface area (Å²) in [5.74, 6) is 0.197. The molecule has 0 radical (unpaired) electrons. The molecule has 2 N–H and O–H groups in total. The van der Waals surface area contributed by atoms with Crippen LogP contribution in [0.1, 0.15) is 13.3 Å². The predicted molar refractivity (Wildman–Crippen MR) is 90.2 cm³/mol. The molecule has 0 bridgehead atoms. The SMILES string of the molecule is CC1CC(CN)CN1S(=O)(=O)c1ccc2oc(=O)ccc2c1.Cl. The molecule has 1 aromatic carbocycles. The van der Waals surface area contributed by atoms with Crippen molar-refractivity contribution in [3.63, 3.8) is 0 Å². The molecule has 1 aliphatic heterocycles. The first-order chi connectivity index (χ1) is 10.4. The Morgan fingerprint density at radius 1 is 1.30 bits per heavy atom. The molecule has 3 rings (SSSR count). The minimum absolute atomic E-state index is 0. The van der Waals surface area contributed by atoms with E-state index in [4.69, 9.17) is 10.2 Å². The summed E-state index contributed by atoms with van der Waals surface area (Å²) in [6.45, 7) is 2.83. The number of hydrogen-bond acceptors (Lipinski definition) is 5. The maximum atomic E-state index is 12.8. The van der Waals surface area contributed by atoms with Crippen LogP contribution >= 0.6 is 12.4 Å². The van der Waals surface area contributed by atoms with E-state index in [1.165, 1.54) is 28.6 Å². The number of nitrogens with zero attached hydrogens (tertiary/aromatic N) is 1. The molecule has 2 aromatic rings. The lowest BCUT2D eigenvalue weighted by atomic mass is 10.1. The Bertz CT molecular complexity index is 865. The second-order valence-electron chi connectivity index (χ2n) is 5.72. The molecule has 23 heavy (non-hydrogen) atoms. The molecular formula is C15H19ClN2O4S. The van der Waals surface area contributed by atoms with Crippen molar-refractivity contribution in [3.05, 3.63) is 40.8 Å². The van der Waals surface area contributed by atoms with Gasteiger partial charge in [0, 0.05) is 24.0 Å². The minimum atomic E-state index is -3.57. The Hall–Kier alpha value is -1.41. The Balaban J connectivity index is 0.00000192. The van der Waals surface area contributed by atoms with Crippen LogP contribution in [-0.4, -0.2) is 31.9 Å². The molecule has 1 fully saturated rings. The molecule has 0 aliphatic carbocycles. The van der Waals surface area contributed by atoms with Crippen LogP contribution in [0.15, 0.2) is 44.4 Å². The van der Waals surface area contributed by atoms with Gasteiger partial charge in [0.25, 0.3) is 0 Å². The van der Waals surface area contributed by atoms with Crippen LogP contribution in [0.2, 0.25) is 0 Å². The summed E-state index contributed by atoms with van der Waals surface area (Å²) < 4.78 is 32.2. The molecule has 2 atom stereocenters. The summed E-state index contributed by atoms with van der Waals surface area (Å²) in [5.41, 5.74) is 5.58. The van der Waals surface area contributed by atoms with E-state index < -0.39 is 15.6 Å². The molecule has 1 saturated heterocycles. The first-order valence-electron chi connectivity index (χ1n) is 7.17. The molecule has 1 aromatic heterocycles. The fourth-order valence-electron chi connectivity index (χ4n) is 2.96. The van der Waals surface area contributed by atoms with Gasteiger partial charge in [-0.15, -0.1) is 12.4 Å². The summed E-state index contributed by atoms with van der Waals surface area (Å²) in [6.07, 6.45) is 0.776. The largest absolute Gasteiger partial charge is 0.423 e. The van der Waals surface area contributed by atoms with Crippen molar-refractivity contribution in [2.24, 2.45) is 11.7 Å². The van der Waals surface area contributed by atoms with Gasteiger partial charge >= 0.3 is 5.63 Å². The Morgan fingerprint density at radius 2 is 2.04 bits per heavy atom. The van der Waals surface area contributed by atoms with Gasteiger partial charge in [-0.25, -0.2) is 13.2 Å². The zero-order valence-corrected chi connectivity index (χ0v) is 14.3. The highest BCUT2D eigenvalue weighted by Crippen LogP contribution is 2.30. The van der Waals surface area contributed by atoms with Gasteiger partial charge in [0.05, 0.1) is 4.90 Å². The number of rotatable bonds is 3. The quantitative estimate of drug-likeness (QED) is 0.840. The van der Waals surface area contributed by atoms with E-state index in [0.717, 1.165) is 6.42 Å². The van der Waals surface area contributed by atoms with Crippen molar-refractivity contribution >= 4 is 33.4 Å². The van der Waals surface area contributed by atoms with Gasteiger partial charge in [-0.05, 0) is 50.1 Å². The standard InChI is InChI=1S/C15H18N2O4S.ClH/c1-10-6-11(8-16)9-17(10)22(19,20)13-3-4-14-12(7-13)2-5-15(18)21-14;/h2-5,7,10-11H,6,8-9,16H2,1H3;1H. The van der Waals surface area contributed by atoms with E-state index in [2.05, 4.69) is 0 Å². The summed E-state index contributed by atoms with van der Waals surface area (Å²) in [6, 6.07) is 7.31. The zero-order valence-electron chi connectivity index (χ0n) is 12.6. The van der Waals surface area contributed by atoms with Gasteiger partial charge < -0.3 is 10.2 Å². The fourth-order valence-corrected chi connectivity index (χ4v) is 4.71. The van der Waals surface area contributed by atoms with E-state index in [1.807, 2.05) is 6.92 Å². The third-order valence-corrected chi connectivity index (χ3v) is 6.11. The van der Waals surface area contributed by atoms with Gasteiger partial charge in [-0.2, -0.15) is 4.31 Å². The lowest BCUT2D eigenvalue weighted by Gasteiger charge is -2.21. The maximum Gasteiger partial charge on any atom is 0.336 e. The monoisotopic (exact) mass is 358 g/mol. The zero-order chi connectivity index (χ0) is 15.9. The topological polar surface area (TPSA) is 93.6 Å². The van der Waals surface area contributed by atoms with E-state index in [9.17, 15) is 13.2 Å². The van der Waals surface area contributed by atoms with Gasteiger partial charge in [-0.1, -0.05) is 0 Å². The summed E-state index contributed by atoms with van der Waals surface area (Å²) in [5, 5.41) is 0.586. The van der Waals surface area contributed by atoms with Crippen LogP contribution in [0.25, 0.3) is 11.0 Å². The number of hydrogen-bond donors (Lipinski definition) is 1. The summed E-state index contributed by atoms with van der Waals surface area (Å²) in [4.78, 5) is 11.4. The van der Waals surface area contributed by atoms with Gasteiger partial charge in [-0.3, -0.25) is 0 Å². The van der Waals surface area contributed by atoms with Crippen molar-refractivity contribution in [1.29, 1.82) is 0 Å². The highest BCUT2D eigenvalue weighted by atomic mass is 35.5. The number of fused-ring (bicyclic) bond motifs is 1. The summed E-state index contributed by atoms with van der Waals surface area (Å²) >= 11 is 0.